The van der Waals surface area contributed by atoms with Crippen molar-refractivity contribution in [3.63, 3.8) is 0 Å². The number of hydrogen-bond acceptors (Lipinski definition) is 3. The number of carbonyl (C=O) groups is 2. The van der Waals surface area contributed by atoms with Gasteiger partial charge in [-0.05, 0) is 32.6 Å². The topological polar surface area (TPSA) is 70.1 Å². The van der Waals surface area contributed by atoms with Gasteiger partial charge in [0.15, 0.2) is 0 Å². The molecule has 0 aromatic rings. The molecule has 0 saturated carbocycles. The second kappa shape index (κ2) is 5.77. The van der Waals surface area contributed by atoms with Crippen molar-refractivity contribution in [1.82, 2.24) is 9.80 Å². The maximum atomic E-state index is 12.5. The monoisotopic (exact) mass is 270 g/mol. The lowest BCUT2D eigenvalue weighted by Gasteiger charge is -2.38. The number of amides is 2. The van der Waals surface area contributed by atoms with Gasteiger partial charge in [-0.25, -0.2) is 9.59 Å². The molecule has 0 aliphatic carbocycles. The lowest BCUT2D eigenvalue weighted by atomic mass is 10.0. The van der Waals surface area contributed by atoms with Crippen molar-refractivity contribution in [1.29, 1.82) is 0 Å². The van der Waals surface area contributed by atoms with Gasteiger partial charge in [0.25, 0.3) is 0 Å². The number of nitrogens with zero attached hydrogens (tertiary/aromatic N) is 2. The predicted octanol–water partition coefficient (Wildman–Crippen LogP) is 1.15. The van der Waals surface area contributed by atoms with Crippen molar-refractivity contribution in [3.05, 3.63) is 0 Å². The second-order valence-corrected chi connectivity index (χ2v) is 5.37. The normalized spacial score (nSPS) is 31.3. The van der Waals surface area contributed by atoms with Crippen LogP contribution in [-0.4, -0.2) is 65.3 Å². The van der Waals surface area contributed by atoms with E-state index in [2.05, 4.69) is 0 Å². The van der Waals surface area contributed by atoms with E-state index in [9.17, 15) is 14.7 Å². The summed E-state index contributed by atoms with van der Waals surface area (Å²) >= 11 is 0. The van der Waals surface area contributed by atoms with Crippen molar-refractivity contribution in [2.45, 2.75) is 50.8 Å². The Kier molecular flexibility index (Phi) is 4.29. The Morgan fingerprint density at radius 1 is 1.32 bits per heavy atom. The molecule has 3 atom stereocenters. The minimum absolute atomic E-state index is 0.0158. The fraction of sp³-hybridized carbons (Fsp3) is 0.846. The summed E-state index contributed by atoms with van der Waals surface area (Å²) in [6, 6.07) is -0.820. The standard InChI is InChI=1S/C13H22N2O4/c1-9-10(6-8-19-9)14(2)13(18)15-7-4-3-5-11(15)12(16)17/h9-11H,3-8H2,1-2H3,(H,16,17). The summed E-state index contributed by atoms with van der Waals surface area (Å²) in [6.45, 7) is 3.14. The molecule has 0 aromatic heterocycles. The van der Waals surface area contributed by atoms with Gasteiger partial charge in [0.2, 0.25) is 0 Å². The zero-order valence-electron chi connectivity index (χ0n) is 11.5. The molecule has 2 fully saturated rings. The van der Waals surface area contributed by atoms with Crippen LogP contribution in [0.1, 0.15) is 32.6 Å². The van der Waals surface area contributed by atoms with Crippen LogP contribution in [0.25, 0.3) is 0 Å². The van der Waals surface area contributed by atoms with Crippen molar-refractivity contribution in [3.8, 4) is 0 Å². The molecular formula is C13H22N2O4. The van der Waals surface area contributed by atoms with Crippen LogP contribution < -0.4 is 0 Å². The first-order chi connectivity index (χ1) is 9.02. The van der Waals surface area contributed by atoms with E-state index in [0.29, 0.717) is 19.6 Å². The Balaban J connectivity index is 2.06. The lowest BCUT2D eigenvalue weighted by Crippen LogP contribution is -2.55. The number of aliphatic carboxylic acids is 1. The van der Waals surface area contributed by atoms with E-state index in [0.717, 1.165) is 19.3 Å². The number of piperidine rings is 1. The van der Waals surface area contributed by atoms with Crippen LogP contribution in [-0.2, 0) is 9.53 Å². The summed E-state index contributed by atoms with van der Waals surface area (Å²) in [5, 5.41) is 9.22. The third-order valence-corrected chi connectivity index (χ3v) is 4.17. The largest absolute Gasteiger partial charge is 0.480 e. The number of rotatable bonds is 2. The third kappa shape index (κ3) is 2.83. The van der Waals surface area contributed by atoms with E-state index in [4.69, 9.17) is 4.74 Å². The maximum absolute atomic E-state index is 12.5. The molecule has 0 spiro atoms. The van der Waals surface area contributed by atoms with Gasteiger partial charge in [-0.1, -0.05) is 0 Å². The smallest absolute Gasteiger partial charge is 0.326 e. The van der Waals surface area contributed by atoms with E-state index in [1.165, 1.54) is 4.90 Å². The molecule has 3 unspecified atom stereocenters. The van der Waals surface area contributed by atoms with E-state index in [1.54, 1.807) is 11.9 Å². The number of ether oxygens (including phenoxy) is 1. The summed E-state index contributed by atoms with van der Waals surface area (Å²) in [5.41, 5.74) is 0. The van der Waals surface area contributed by atoms with Crippen LogP contribution in [0.5, 0.6) is 0 Å². The van der Waals surface area contributed by atoms with Crippen LogP contribution in [0, 0.1) is 0 Å². The Labute approximate surface area is 113 Å². The van der Waals surface area contributed by atoms with Gasteiger partial charge in [0.1, 0.15) is 6.04 Å². The number of hydrogen-bond donors (Lipinski definition) is 1. The highest BCUT2D eigenvalue weighted by molar-refractivity contribution is 5.83. The molecular weight excluding hydrogens is 248 g/mol. The van der Waals surface area contributed by atoms with Crippen molar-refractivity contribution >= 4 is 12.0 Å². The molecule has 2 aliphatic rings. The van der Waals surface area contributed by atoms with Gasteiger partial charge in [0, 0.05) is 20.2 Å². The first-order valence-electron chi connectivity index (χ1n) is 6.90. The molecule has 19 heavy (non-hydrogen) atoms. The predicted molar refractivity (Wildman–Crippen MR) is 69.0 cm³/mol. The molecule has 108 valence electrons. The van der Waals surface area contributed by atoms with Crippen LogP contribution in [0.15, 0.2) is 0 Å². The summed E-state index contributed by atoms with van der Waals surface area (Å²) in [7, 11) is 1.74. The van der Waals surface area contributed by atoms with Crippen LogP contribution in [0.3, 0.4) is 0 Å². The van der Waals surface area contributed by atoms with E-state index >= 15 is 0 Å². The van der Waals surface area contributed by atoms with Gasteiger partial charge in [-0.2, -0.15) is 0 Å². The number of likely N-dealkylation sites (N-methyl/N-ethyl adjacent to an activating group) is 1. The Morgan fingerprint density at radius 2 is 2.05 bits per heavy atom. The fourth-order valence-electron chi connectivity index (χ4n) is 2.99. The average molecular weight is 270 g/mol. The van der Waals surface area contributed by atoms with Crippen LogP contribution in [0.2, 0.25) is 0 Å². The minimum Gasteiger partial charge on any atom is -0.480 e. The first kappa shape index (κ1) is 14.1. The quantitative estimate of drug-likeness (QED) is 0.817. The molecule has 2 heterocycles. The molecule has 2 rings (SSSR count). The van der Waals surface area contributed by atoms with Gasteiger partial charge in [-0.3, -0.25) is 0 Å². The molecule has 2 amide bonds. The van der Waals surface area contributed by atoms with Crippen molar-refractivity contribution in [2.75, 3.05) is 20.2 Å². The maximum Gasteiger partial charge on any atom is 0.326 e. The molecule has 0 bridgehead atoms. The lowest BCUT2D eigenvalue weighted by molar-refractivity contribution is -0.143. The number of carbonyl (C=O) groups excluding carboxylic acids is 1. The fourth-order valence-corrected chi connectivity index (χ4v) is 2.99. The van der Waals surface area contributed by atoms with E-state index in [1.807, 2.05) is 6.92 Å². The Morgan fingerprint density at radius 3 is 2.63 bits per heavy atom. The molecule has 1 N–H and O–H groups in total. The molecule has 6 heteroatoms. The SMILES string of the molecule is CC1OCCC1N(C)C(=O)N1CCCCC1C(=O)O. The highest BCUT2D eigenvalue weighted by Gasteiger charge is 2.37. The third-order valence-electron chi connectivity index (χ3n) is 4.17. The van der Waals surface area contributed by atoms with Gasteiger partial charge >= 0.3 is 12.0 Å². The highest BCUT2D eigenvalue weighted by Crippen LogP contribution is 2.23. The van der Waals surface area contributed by atoms with Crippen molar-refractivity contribution < 1.29 is 19.4 Å². The minimum atomic E-state index is -0.905. The first-order valence-corrected chi connectivity index (χ1v) is 6.90. The second-order valence-electron chi connectivity index (χ2n) is 5.37. The van der Waals surface area contributed by atoms with E-state index < -0.39 is 12.0 Å². The Hall–Kier alpha value is -1.30. The molecule has 2 aliphatic heterocycles. The number of urea groups is 1. The highest BCUT2D eigenvalue weighted by atomic mass is 16.5. The summed E-state index contributed by atoms with van der Waals surface area (Å²) in [4.78, 5) is 26.9. The van der Waals surface area contributed by atoms with Gasteiger partial charge in [0.05, 0.1) is 12.1 Å². The Bertz CT molecular complexity index is 361. The summed E-state index contributed by atoms with van der Waals surface area (Å²) in [5.74, 6) is -0.905. The number of likely N-dealkylation sites (tertiary alicyclic amines) is 1. The van der Waals surface area contributed by atoms with Gasteiger partial charge < -0.3 is 19.6 Å². The van der Waals surface area contributed by atoms with Crippen LogP contribution in [0.4, 0.5) is 4.79 Å². The van der Waals surface area contributed by atoms with Crippen LogP contribution >= 0.6 is 0 Å². The molecule has 2 saturated heterocycles. The molecule has 0 aromatic carbocycles. The zero-order valence-corrected chi connectivity index (χ0v) is 11.5. The average Bonchev–Trinajstić information content (AvgIpc) is 2.83. The molecule has 6 nitrogen and oxygen atoms in total. The number of carboxylic acids is 1. The molecule has 0 radical (unpaired) electrons. The van der Waals surface area contributed by atoms with E-state index in [-0.39, 0.29) is 18.2 Å². The summed E-state index contributed by atoms with van der Waals surface area (Å²) in [6.07, 6.45) is 3.12. The van der Waals surface area contributed by atoms with Gasteiger partial charge in [-0.15, -0.1) is 0 Å². The summed E-state index contributed by atoms with van der Waals surface area (Å²) < 4.78 is 5.47. The number of carboxylic acid groups (broad SMARTS) is 1. The zero-order chi connectivity index (χ0) is 14.0. The van der Waals surface area contributed by atoms with Crippen molar-refractivity contribution in [2.24, 2.45) is 0 Å².